The molecule has 94 valence electrons. The van der Waals surface area contributed by atoms with Crippen LogP contribution in [0.5, 0.6) is 0 Å². The Bertz CT molecular complexity index is 401. The maximum Gasteiger partial charge on any atom is 0.252 e. The SMILES string of the molecule is COCC(O)CNC(=O)c1cnc(Cl)c(Cl)c1. The summed E-state index contributed by atoms with van der Waals surface area (Å²) in [4.78, 5) is 15.4. The van der Waals surface area contributed by atoms with E-state index in [1.807, 2.05) is 0 Å². The molecule has 0 aliphatic rings. The summed E-state index contributed by atoms with van der Waals surface area (Å²) < 4.78 is 4.72. The minimum Gasteiger partial charge on any atom is -0.389 e. The van der Waals surface area contributed by atoms with Crippen LogP contribution in [0.4, 0.5) is 0 Å². The predicted octanol–water partition coefficient (Wildman–Crippen LogP) is 1.13. The summed E-state index contributed by atoms with van der Waals surface area (Å²) in [5.74, 6) is -0.383. The highest BCUT2D eigenvalue weighted by Gasteiger charge is 2.10. The Kier molecular flexibility index (Phi) is 5.64. The van der Waals surface area contributed by atoms with E-state index in [9.17, 15) is 9.90 Å². The zero-order valence-corrected chi connectivity index (χ0v) is 10.6. The molecule has 0 radical (unpaired) electrons. The van der Waals surface area contributed by atoms with Crippen molar-refractivity contribution in [2.24, 2.45) is 0 Å². The van der Waals surface area contributed by atoms with Gasteiger partial charge < -0.3 is 15.2 Å². The third kappa shape index (κ3) is 4.47. The molecule has 1 atom stereocenters. The van der Waals surface area contributed by atoms with Gasteiger partial charge in [-0.3, -0.25) is 4.79 Å². The van der Waals surface area contributed by atoms with Crippen LogP contribution in [0.1, 0.15) is 10.4 Å². The molecule has 0 aromatic carbocycles. The molecule has 0 fully saturated rings. The summed E-state index contributed by atoms with van der Waals surface area (Å²) in [5.41, 5.74) is 0.281. The molecule has 7 heteroatoms. The second kappa shape index (κ2) is 6.76. The first kappa shape index (κ1) is 14.2. The first-order valence-electron chi connectivity index (χ1n) is 4.81. The summed E-state index contributed by atoms with van der Waals surface area (Å²) in [6.45, 7) is 0.243. The van der Waals surface area contributed by atoms with Gasteiger partial charge in [0.1, 0.15) is 5.15 Å². The molecule has 1 aromatic heterocycles. The minimum atomic E-state index is -0.750. The maximum absolute atomic E-state index is 11.6. The monoisotopic (exact) mass is 278 g/mol. The Hall–Kier alpha value is -0.880. The topological polar surface area (TPSA) is 71.5 Å². The number of methoxy groups -OCH3 is 1. The number of aliphatic hydroxyl groups excluding tert-OH is 1. The van der Waals surface area contributed by atoms with Crippen LogP contribution in [0.15, 0.2) is 12.3 Å². The van der Waals surface area contributed by atoms with Gasteiger partial charge >= 0.3 is 0 Å². The summed E-state index contributed by atoms with van der Waals surface area (Å²) in [5, 5.41) is 12.2. The molecular formula is C10H12Cl2N2O3. The van der Waals surface area contributed by atoms with Crippen molar-refractivity contribution in [1.29, 1.82) is 0 Å². The van der Waals surface area contributed by atoms with Crippen LogP contribution in [0.3, 0.4) is 0 Å². The van der Waals surface area contributed by atoms with Crippen LogP contribution >= 0.6 is 23.2 Å². The summed E-state index contributed by atoms with van der Waals surface area (Å²) in [7, 11) is 1.47. The van der Waals surface area contributed by atoms with E-state index < -0.39 is 6.10 Å². The van der Waals surface area contributed by atoms with Gasteiger partial charge in [-0.05, 0) is 6.07 Å². The van der Waals surface area contributed by atoms with Crippen molar-refractivity contribution in [1.82, 2.24) is 10.3 Å². The van der Waals surface area contributed by atoms with Crippen LogP contribution in [0, 0.1) is 0 Å². The summed E-state index contributed by atoms with van der Waals surface area (Å²) in [6, 6.07) is 1.41. The largest absolute Gasteiger partial charge is 0.389 e. The number of nitrogens with zero attached hydrogens (tertiary/aromatic N) is 1. The van der Waals surface area contributed by atoms with Crippen molar-refractivity contribution in [3.63, 3.8) is 0 Å². The first-order chi connectivity index (χ1) is 8.04. The number of carbonyl (C=O) groups excluding carboxylic acids is 1. The minimum absolute atomic E-state index is 0.0902. The molecule has 0 aliphatic carbocycles. The van der Waals surface area contributed by atoms with Crippen molar-refractivity contribution >= 4 is 29.1 Å². The molecule has 17 heavy (non-hydrogen) atoms. The zero-order chi connectivity index (χ0) is 12.8. The lowest BCUT2D eigenvalue weighted by molar-refractivity contribution is 0.0609. The quantitative estimate of drug-likeness (QED) is 0.792. The fourth-order valence-corrected chi connectivity index (χ4v) is 1.38. The van der Waals surface area contributed by atoms with Crippen molar-refractivity contribution < 1.29 is 14.6 Å². The van der Waals surface area contributed by atoms with Gasteiger partial charge in [-0.25, -0.2) is 4.98 Å². The van der Waals surface area contributed by atoms with E-state index in [0.29, 0.717) is 0 Å². The molecule has 1 amide bonds. The lowest BCUT2D eigenvalue weighted by Gasteiger charge is -2.10. The lowest BCUT2D eigenvalue weighted by atomic mass is 10.2. The van der Waals surface area contributed by atoms with Crippen LogP contribution in [0.25, 0.3) is 0 Å². The third-order valence-electron chi connectivity index (χ3n) is 1.92. The number of rotatable bonds is 5. The van der Waals surface area contributed by atoms with E-state index in [1.54, 1.807) is 0 Å². The predicted molar refractivity (Wildman–Crippen MR) is 64.5 cm³/mol. The number of carbonyl (C=O) groups is 1. The number of amides is 1. The van der Waals surface area contributed by atoms with Crippen LogP contribution < -0.4 is 5.32 Å². The number of halogens is 2. The van der Waals surface area contributed by atoms with Crippen molar-refractivity contribution in [3.05, 3.63) is 28.0 Å². The lowest BCUT2D eigenvalue weighted by Crippen LogP contribution is -2.34. The second-order valence-corrected chi connectivity index (χ2v) is 4.08. The van der Waals surface area contributed by atoms with Gasteiger partial charge in [0.05, 0.1) is 23.3 Å². The fourth-order valence-electron chi connectivity index (χ4n) is 1.11. The van der Waals surface area contributed by atoms with E-state index in [-0.39, 0.29) is 34.8 Å². The smallest absolute Gasteiger partial charge is 0.252 e. The number of nitrogens with one attached hydrogen (secondary N) is 1. The molecular weight excluding hydrogens is 267 g/mol. The highest BCUT2D eigenvalue weighted by atomic mass is 35.5. The van der Waals surface area contributed by atoms with Gasteiger partial charge in [-0.2, -0.15) is 0 Å². The summed E-state index contributed by atoms with van der Waals surface area (Å²) in [6.07, 6.45) is 0.561. The normalized spacial score (nSPS) is 12.2. The Morgan fingerprint density at radius 2 is 2.35 bits per heavy atom. The second-order valence-electron chi connectivity index (χ2n) is 3.32. The van der Waals surface area contributed by atoms with E-state index in [4.69, 9.17) is 27.9 Å². The number of aliphatic hydroxyl groups is 1. The van der Waals surface area contributed by atoms with Crippen molar-refractivity contribution in [2.75, 3.05) is 20.3 Å². The molecule has 5 nitrogen and oxygen atoms in total. The van der Waals surface area contributed by atoms with Gasteiger partial charge in [0.25, 0.3) is 5.91 Å². The number of pyridine rings is 1. The Morgan fingerprint density at radius 1 is 1.65 bits per heavy atom. The molecule has 1 aromatic rings. The van der Waals surface area contributed by atoms with Crippen molar-refractivity contribution in [3.8, 4) is 0 Å². The Balaban J connectivity index is 2.55. The standard InChI is InChI=1S/C10H12Cl2N2O3/c1-17-5-7(15)4-14-10(16)6-2-8(11)9(12)13-3-6/h2-3,7,15H,4-5H2,1H3,(H,14,16). The van der Waals surface area contributed by atoms with Gasteiger partial charge in [-0.1, -0.05) is 23.2 Å². The van der Waals surface area contributed by atoms with Crippen molar-refractivity contribution in [2.45, 2.75) is 6.10 Å². The molecule has 0 spiro atoms. The van der Waals surface area contributed by atoms with E-state index in [1.165, 1.54) is 19.4 Å². The van der Waals surface area contributed by atoms with E-state index >= 15 is 0 Å². The Morgan fingerprint density at radius 3 is 2.94 bits per heavy atom. The highest BCUT2D eigenvalue weighted by molar-refractivity contribution is 6.41. The van der Waals surface area contributed by atoms with Gasteiger partial charge in [-0.15, -0.1) is 0 Å². The third-order valence-corrected chi connectivity index (χ3v) is 2.60. The molecule has 1 heterocycles. The molecule has 0 bridgehead atoms. The molecule has 0 aliphatic heterocycles. The number of hydrogen-bond acceptors (Lipinski definition) is 4. The number of aromatic nitrogens is 1. The van der Waals surface area contributed by atoms with Gasteiger partial charge in [0, 0.05) is 19.9 Å². The van der Waals surface area contributed by atoms with Crippen LogP contribution in [-0.2, 0) is 4.74 Å². The first-order valence-corrected chi connectivity index (χ1v) is 5.56. The number of hydrogen-bond donors (Lipinski definition) is 2. The molecule has 2 N–H and O–H groups in total. The van der Waals surface area contributed by atoms with Crippen LogP contribution in [-0.4, -0.2) is 42.4 Å². The van der Waals surface area contributed by atoms with Gasteiger partial charge in [0.15, 0.2) is 0 Å². The fraction of sp³-hybridized carbons (Fsp3) is 0.400. The van der Waals surface area contributed by atoms with Gasteiger partial charge in [0.2, 0.25) is 0 Å². The maximum atomic E-state index is 11.6. The van der Waals surface area contributed by atoms with E-state index in [0.717, 1.165) is 0 Å². The molecule has 0 saturated carbocycles. The van der Waals surface area contributed by atoms with E-state index in [2.05, 4.69) is 10.3 Å². The zero-order valence-electron chi connectivity index (χ0n) is 9.11. The highest BCUT2D eigenvalue weighted by Crippen LogP contribution is 2.19. The number of ether oxygens (including phenoxy) is 1. The summed E-state index contributed by atoms with van der Waals surface area (Å²) >= 11 is 11.3. The average Bonchev–Trinajstić information content (AvgIpc) is 2.30. The molecule has 1 rings (SSSR count). The van der Waals surface area contributed by atoms with Crippen LogP contribution in [0.2, 0.25) is 10.2 Å². The molecule has 1 unspecified atom stereocenters. The Labute approximate surface area is 109 Å². The average molecular weight is 279 g/mol. The molecule has 0 saturated heterocycles.